The molecule has 0 atom stereocenters. The Kier molecular flexibility index (Phi) is 2.92. The quantitative estimate of drug-likeness (QED) is 0.818. The van der Waals surface area contributed by atoms with Crippen LogP contribution in [0.25, 0.3) is 0 Å². The summed E-state index contributed by atoms with van der Waals surface area (Å²) in [6.07, 6.45) is 0. The molecule has 0 spiro atoms. The molecule has 1 aromatic rings. The van der Waals surface area contributed by atoms with Gasteiger partial charge >= 0.3 is 0 Å². The van der Waals surface area contributed by atoms with Crippen molar-refractivity contribution < 1.29 is 14.6 Å². The molecule has 0 aliphatic carbocycles. The minimum Gasteiger partial charge on any atom is -0.486 e. The van der Waals surface area contributed by atoms with Gasteiger partial charge in [0, 0.05) is 11.8 Å². The number of nitrogens with one attached hydrogen (secondary N) is 1. The van der Waals surface area contributed by atoms with Crippen LogP contribution in [0.1, 0.15) is 13.8 Å². The lowest BCUT2D eigenvalue weighted by Crippen LogP contribution is -2.34. The Morgan fingerprint density at radius 3 is 2.62 bits per heavy atom. The Hall–Kier alpha value is -1.42. The van der Waals surface area contributed by atoms with Gasteiger partial charge in [0.25, 0.3) is 0 Å². The van der Waals surface area contributed by atoms with Gasteiger partial charge in [-0.3, -0.25) is 0 Å². The van der Waals surface area contributed by atoms with Crippen LogP contribution in [0.5, 0.6) is 11.5 Å². The van der Waals surface area contributed by atoms with Crippen LogP contribution in [-0.4, -0.2) is 30.5 Å². The Morgan fingerprint density at radius 2 is 1.94 bits per heavy atom. The van der Waals surface area contributed by atoms with Crippen LogP contribution >= 0.6 is 0 Å². The minimum atomic E-state index is -0.343. The molecule has 1 aromatic carbocycles. The lowest BCUT2D eigenvalue weighted by molar-refractivity contribution is 0.171. The number of anilines is 1. The molecule has 0 saturated heterocycles. The summed E-state index contributed by atoms with van der Waals surface area (Å²) in [4.78, 5) is 0. The van der Waals surface area contributed by atoms with Crippen molar-refractivity contribution >= 4 is 5.69 Å². The van der Waals surface area contributed by atoms with Gasteiger partial charge in [-0.25, -0.2) is 0 Å². The smallest absolute Gasteiger partial charge is 0.163 e. The number of aliphatic hydroxyl groups excluding tert-OH is 1. The van der Waals surface area contributed by atoms with Crippen LogP contribution in [0.3, 0.4) is 0 Å². The molecule has 2 N–H and O–H groups in total. The molecule has 16 heavy (non-hydrogen) atoms. The first kappa shape index (κ1) is 11.1. The van der Waals surface area contributed by atoms with E-state index in [-0.39, 0.29) is 12.1 Å². The Labute approximate surface area is 95.2 Å². The highest BCUT2D eigenvalue weighted by Crippen LogP contribution is 2.33. The predicted octanol–water partition coefficient (Wildman–Crippen LogP) is 1.64. The predicted molar refractivity (Wildman–Crippen MR) is 62.2 cm³/mol. The third-order valence-electron chi connectivity index (χ3n) is 2.42. The fraction of sp³-hybridized carbons (Fsp3) is 0.500. The van der Waals surface area contributed by atoms with E-state index >= 15 is 0 Å². The molecule has 0 amide bonds. The second kappa shape index (κ2) is 4.22. The monoisotopic (exact) mass is 223 g/mol. The molecule has 0 bridgehead atoms. The van der Waals surface area contributed by atoms with E-state index in [9.17, 15) is 5.11 Å². The van der Waals surface area contributed by atoms with E-state index in [0.717, 1.165) is 17.2 Å². The summed E-state index contributed by atoms with van der Waals surface area (Å²) >= 11 is 0. The first-order valence-corrected chi connectivity index (χ1v) is 5.39. The maximum absolute atomic E-state index is 9.18. The molecule has 88 valence electrons. The molecule has 2 rings (SSSR count). The van der Waals surface area contributed by atoms with Crippen LogP contribution in [0, 0.1) is 0 Å². The Balaban J connectivity index is 2.17. The largest absolute Gasteiger partial charge is 0.486 e. The number of benzene rings is 1. The molecule has 0 fully saturated rings. The molecule has 0 aromatic heterocycles. The van der Waals surface area contributed by atoms with Gasteiger partial charge in [-0.05, 0) is 26.0 Å². The number of hydrogen-bond acceptors (Lipinski definition) is 4. The average molecular weight is 223 g/mol. The van der Waals surface area contributed by atoms with Crippen LogP contribution in [0.15, 0.2) is 18.2 Å². The van der Waals surface area contributed by atoms with Gasteiger partial charge in [-0.15, -0.1) is 0 Å². The normalized spacial score (nSPS) is 14.7. The minimum absolute atomic E-state index is 0.0709. The van der Waals surface area contributed by atoms with Crippen molar-refractivity contribution in [1.29, 1.82) is 0 Å². The number of ether oxygens (including phenoxy) is 2. The van der Waals surface area contributed by atoms with Gasteiger partial charge in [-0.2, -0.15) is 0 Å². The van der Waals surface area contributed by atoms with E-state index in [2.05, 4.69) is 5.32 Å². The van der Waals surface area contributed by atoms with Crippen molar-refractivity contribution in [3.8, 4) is 11.5 Å². The van der Waals surface area contributed by atoms with E-state index in [1.54, 1.807) is 0 Å². The fourth-order valence-electron chi connectivity index (χ4n) is 1.55. The standard InChI is InChI=1S/C12H17NO3/c1-12(2,8-14)13-9-3-4-10-11(7-9)16-6-5-15-10/h3-4,7,13-14H,5-6,8H2,1-2H3. The van der Waals surface area contributed by atoms with Gasteiger partial charge in [-0.1, -0.05) is 0 Å². The van der Waals surface area contributed by atoms with E-state index < -0.39 is 0 Å². The first-order chi connectivity index (χ1) is 7.61. The number of hydrogen-bond donors (Lipinski definition) is 2. The number of aliphatic hydroxyl groups is 1. The highest BCUT2D eigenvalue weighted by molar-refractivity contribution is 5.56. The molecule has 4 heteroatoms. The van der Waals surface area contributed by atoms with E-state index in [1.165, 1.54) is 0 Å². The summed E-state index contributed by atoms with van der Waals surface area (Å²) < 4.78 is 10.9. The van der Waals surface area contributed by atoms with Crippen molar-refractivity contribution in [1.82, 2.24) is 0 Å². The first-order valence-electron chi connectivity index (χ1n) is 5.39. The molecule has 0 saturated carbocycles. The zero-order valence-corrected chi connectivity index (χ0v) is 9.62. The highest BCUT2D eigenvalue weighted by atomic mass is 16.6. The van der Waals surface area contributed by atoms with Crippen LogP contribution in [0.2, 0.25) is 0 Å². The molecule has 0 unspecified atom stereocenters. The lowest BCUT2D eigenvalue weighted by atomic mass is 10.1. The summed E-state index contributed by atoms with van der Waals surface area (Å²) in [7, 11) is 0. The maximum atomic E-state index is 9.18. The van der Waals surface area contributed by atoms with E-state index in [4.69, 9.17) is 9.47 Å². The highest BCUT2D eigenvalue weighted by Gasteiger charge is 2.17. The lowest BCUT2D eigenvalue weighted by Gasteiger charge is -2.26. The Morgan fingerprint density at radius 1 is 1.25 bits per heavy atom. The van der Waals surface area contributed by atoms with Gasteiger partial charge in [0.15, 0.2) is 11.5 Å². The molecule has 0 radical (unpaired) electrons. The van der Waals surface area contributed by atoms with Crippen molar-refractivity contribution in [2.24, 2.45) is 0 Å². The molecule has 1 aliphatic heterocycles. The van der Waals surface area contributed by atoms with Gasteiger partial charge < -0.3 is 19.9 Å². The third kappa shape index (κ3) is 2.39. The van der Waals surface area contributed by atoms with Crippen LogP contribution in [0.4, 0.5) is 5.69 Å². The zero-order chi connectivity index (χ0) is 11.6. The van der Waals surface area contributed by atoms with E-state index in [0.29, 0.717) is 13.2 Å². The molecule has 1 heterocycles. The van der Waals surface area contributed by atoms with Crippen molar-refractivity contribution in [3.05, 3.63) is 18.2 Å². The SMILES string of the molecule is CC(C)(CO)Nc1ccc2c(c1)OCCO2. The summed E-state index contributed by atoms with van der Waals surface area (Å²) in [5, 5.41) is 12.4. The van der Waals surface area contributed by atoms with Crippen molar-refractivity contribution in [2.45, 2.75) is 19.4 Å². The third-order valence-corrected chi connectivity index (χ3v) is 2.42. The average Bonchev–Trinajstić information content (AvgIpc) is 2.28. The number of rotatable bonds is 3. The second-order valence-corrected chi connectivity index (χ2v) is 4.53. The summed E-state index contributed by atoms with van der Waals surface area (Å²) in [5.74, 6) is 1.53. The Bertz CT molecular complexity index is 377. The summed E-state index contributed by atoms with van der Waals surface area (Å²) in [5.41, 5.74) is 0.576. The molecule has 4 nitrogen and oxygen atoms in total. The fourth-order valence-corrected chi connectivity index (χ4v) is 1.55. The molecular weight excluding hydrogens is 206 g/mol. The van der Waals surface area contributed by atoms with Crippen molar-refractivity contribution in [3.63, 3.8) is 0 Å². The zero-order valence-electron chi connectivity index (χ0n) is 9.62. The summed E-state index contributed by atoms with van der Waals surface area (Å²) in [6, 6.07) is 5.70. The van der Waals surface area contributed by atoms with Crippen LogP contribution < -0.4 is 14.8 Å². The van der Waals surface area contributed by atoms with Gasteiger partial charge in [0.2, 0.25) is 0 Å². The van der Waals surface area contributed by atoms with E-state index in [1.807, 2.05) is 32.0 Å². The second-order valence-electron chi connectivity index (χ2n) is 4.53. The van der Waals surface area contributed by atoms with Gasteiger partial charge in [0.05, 0.1) is 12.1 Å². The van der Waals surface area contributed by atoms with Crippen molar-refractivity contribution in [2.75, 3.05) is 25.1 Å². The molecule has 1 aliphatic rings. The molecular formula is C12H17NO3. The maximum Gasteiger partial charge on any atom is 0.163 e. The van der Waals surface area contributed by atoms with Gasteiger partial charge in [0.1, 0.15) is 13.2 Å². The van der Waals surface area contributed by atoms with Crippen LogP contribution in [-0.2, 0) is 0 Å². The topological polar surface area (TPSA) is 50.7 Å². The summed E-state index contributed by atoms with van der Waals surface area (Å²) in [6.45, 7) is 5.12. The number of fused-ring (bicyclic) bond motifs is 1.